The topological polar surface area (TPSA) is 45.0 Å². The third-order valence-electron chi connectivity index (χ3n) is 2.73. The first-order chi connectivity index (χ1) is 7.76. The zero-order valence-corrected chi connectivity index (χ0v) is 8.87. The lowest BCUT2D eigenvalue weighted by Gasteiger charge is -2.35. The zero-order chi connectivity index (χ0) is 11.4. The van der Waals surface area contributed by atoms with Crippen LogP contribution in [-0.2, 0) is 11.3 Å². The van der Waals surface area contributed by atoms with Crippen LogP contribution in [0.2, 0.25) is 0 Å². The van der Waals surface area contributed by atoms with Crippen LogP contribution in [0.5, 0.6) is 0 Å². The molecule has 0 radical (unpaired) electrons. The van der Waals surface area contributed by atoms with Gasteiger partial charge in [0.25, 0.3) is 0 Å². The van der Waals surface area contributed by atoms with E-state index in [1.807, 2.05) is 0 Å². The highest BCUT2D eigenvalue weighted by molar-refractivity contribution is 5.17. The van der Waals surface area contributed by atoms with Crippen LogP contribution < -0.4 is 5.32 Å². The summed E-state index contributed by atoms with van der Waals surface area (Å²) in [7, 11) is 0. The van der Waals surface area contributed by atoms with Crippen molar-refractivity contribution in [1.29, 1.82) is 5.26 Å². The monoisotopic (exact) mass is 220 g/mol. The molecule has 1 N–H and O–H groups in total. The molecule has 84 valence electrons. The van der Waals surface area contributed by atoms with Crippen molar-refractivity contribution in [3.63, 3.8) is 0 Å². The number of hydrogen-bond donors (Lipinski definition) is 1. The summed E-state index contributed by atoms with van der Waals surface area (Å²) >= 11 is 0. The summed E-state index contributed by atoms with van der Waals surface area (Å²) in [5.74, 6) is -0.217. The molecule has 0 aliphatic carbocycles. The number of nitriles is 1. The molecule has 16 heavy (non-hydrogen) atoms. The number of nitrogens with zero attached hydrogens (tertiary/aromatic N) is 1. The summed E-state index contributed by atoms with van der Waals surface area (Å²) in [4.78, 5) is 0. The Morgan fingerprint density at radius 2 is 2.19 bits per heavy atom. The molecule has 1 heterocycles. The minimum atomic E-state index is -0.411. The molecular weight excluding hydrogens is 207 g/mol. The number of ether oxygens (including phenoxy) is 1. The standard InChI is InChI=1S/C12H13FN2O/c13-11-4-2-1-3-10(11)5-15-7-12(6-14)8-16-9-12/h1-4,15H,5,7-9H2. The van der Waals surface area contributed by atoms with E-state index in [9.17, 15) is 4.39 Å². The first kappa shape index (κ1) is 11.1. The Bertz CT molecular complexity index is 410. The van der Waals surface area contributed by atoms with E-state index in [-0.39, 0.29) is 5.82 Å². The fourth-order valence-corrected chi connectivity index (χ4v) is 1.63. The van der Waals surface area contributed by atoms with Crippen LogP contribution in [0, 0.1) is 22.6 Å². The highest BCUT2D eigenvalue weighted by Crippen LogP contribution is 2.25. The van der Waals surface area contributed by atoms with Gasteiger partial charge in [0.2, 0.25) is 0 Å². The summed E-state index contributed by atoms with van der Waals surface area (Å²) in [5, 5.41) is 12.0. The predicted octanol–water partition coefficient (Wildman–Crippen LogP) is 1.46. The number of benzene rings is 1. The predicted molar refractivity (Wildman–Crippen MR) is 57.0 cm³/mol. The third-order valence-corrected chi connectivity index (χ3v) is 2.73. The van der Waals surface area contributed by atoms with E-state index in [4.69, 9.17) is 10.00 Å². The number of hydrogen-bond acceptors (Lipinski definition) is 3. The van der Waals surface area contributed by atoms with Crippen LogP contribution >= 0.6 is 0 Å². The van der Waals surface area contributed by atoms with Gasteiger partial charge in [-0.05, 0) is 6.07 Å². The SMILES string of the molecule is N#CC1(CNCc2ccccc2F)COC1. The molecule has 0 spiro atoms. The van der Waals surface area contributed by atoms with E-state index < -0.39 is 5.41 Å². The lowest BCUT2D eigenvalue weighted by molar-refractivity contribution is -0.0755. The quantitative estimate of drug-likeness (QED) is 0.835. The van der Waals surface area contributed by atoms with E-state index in [1.165, 1.54) is 6.07 Å². The summed E-state index contributed by atoms with van der Waals surface area (Å²) < 4.78 is 18.3. The van der Waals surface area contributed by atoms with Crippen molar-refractivity contribution < 1.29 is 9.13 Å². The van der Waals surface area contributed by atoms with E-state index in [0.29, 0.717) is 31.9 Å². The molecule has 1 aliphatic rings. The van der Waals surface area contributed by atoms with Gasteiger partial charge in [-0.15, -0.1) is 0 Å². The van der Waals surface area contributed by atoms with Crippen LogP contribution in [0.1, 0.15) is 5.56 Å². The molecule has 3 nitrogen and oxygen atoms in total. The molecule has 0 atom stereocenters. The van der Waals surface area contributed by atoms with Gasteiger partial charge in [-0.2, -0.15) is 5.26 Å². The van der Waals surface area contributed by atoms with E-state index in [1.54, 1.807) is 18.2 Å². The average Bonchev–Trinajstić information content (AvgIpc) is 2.25. The highest BCUT2D eigenvalue weighted by Gasteiger charge is 2.38. The van der Waals surface area contributed by atoms with Gasteiger partial charge in [0, 0.05) is 18.7 Å². The Morgan fingerprint density at radius 1 is 1.44 bits per heavy atom. The normalized spacial score (nSPS) is 17.5. The van der Waals surface area contributed by atoms with Gasteiger partial charge in [0.1, 0.15) is 11.2 Å². The summed E-state index contributed by atoms with van der Waals surface area (Å²) in [6, 6.07) is 8.86. The molecule has 1 saturated heterocycles. The summed E-state index contributed by atoms with van der Waals surface area (Å²) in [5.41, 5.74) is 0.210. The Labute approximate surface area is 93.8 Å². The molecule has 0 amide bonds. The van der Waals surface area contributed by atoms with E-state index >= 15 is 0 Å². The number of rotatable bonds is 4. The Hall–Kier alpha value is -1.44. The second-order valence-electron chi connectivity index (χ2n) is 4.08. The summed E-state index contributed by atoms with van der Waals surface area (Å²) in [6.07, 6.45) is 0. The van der Waals surface area contributed by atoms with Crippen molar-refractivity contribution in [2.24, 2.45) is 5.41 Å². The molecule has 0 saturated carbocycles. The van der Waals surface area contributed by atoms with Gasteiger partial charge in [-0.25, -0.2) is 4.39 Å². The molecule has 1 aromatic rings. The van der Waals surface area contributed by atoms with Gasteiger partial charge in [0.05, 0.1) is 19.3 Å². The van der Waals surface area contributed by atoms with Gasteiger partial charge in [0.15, 0.2) is 0 Å². The van der Waals surface area contributed by atoms with Gasteiger partial charge in [-0.1, -0.05) is 18.2 Å². The van der Waals surface area contributed by atoms with Crippen LogP contribution in [0.15, 0.2) is 24.3 Å². The van der Waals surface area contributed by atoms with Crippen molar-refractivity contribution in [2.45, 2.75) is 6.54 Å². The molecule has 4 heteroatoms. The lowest BCUT2D eigenvalue weighted by atomic mass is 9.88. The fraction of sp³-hybridized carbons (Fsp3) is 0.417. The average molecular weight is 220 g/mol. The first-order valence-corrected chi connectivity index (χ1v) is 5.19. The van der Waals surface area contributed by atoms with E-state index in [0.717, 1.165) is 0 Å². The first-order valence-electron chi connectivity index (χ1n) is 5.19. The van der Waals surface area contributed by atoms with Crippen molar-refractivity contribution in [1.82, 2.24) is 5.32 Å². The fourth-order valence-electron chi connectivity index (χ4n) is 1.63. The maximum atomic E-state index is 13.3. The molecule has 1 aromatic carbocycles. The molecule has 2 rings (SSSR count). The maximum Gasteiger partial charge on any atom is 0.127 e. The van der Waals surface area contributed by atoms with Gasteiger partial charge >= 0.3 is 0 Å². The van der Waals surface area contributed by atoms with Crippen molar-refractivity contribution in [3.8, 4) is 6.07 Å². The Kier molecular flexibility index (Phi) is 3.18. The molecule has 1 fully saturated rings. The Balaban J connectivity index is 1.85. The highest BCUT2D eigenvalue weighted by atomic mass is 19.1. The van der Waals surface area contributed by atoms with Crippen molar-refractivity contribution in [2.75, 3.05) is 19.8 Å². The minimum absolute atomic E-state index is 0.217. The third kappa shape index (κ3) is 2.21. The minimum Gasteiger partial charge on any atom is -0.378 e. The molecule has 1 aliphatic heterocycles. The molecular formula is C12H13FN2O. The largest absolute Gasteiger partial charge is 0.378 e. The zero-order valence-electron chi connectivity index (χ0n) is 8.87. The molecule has 0 aromatic heterocycles. The van der Waals surface area contributed by atoms with Gasteiger partial charge in [-0.3, -0.25) is 0 Å². The van der Waals surface area contributed by atoms with E-state index in [2.05, 4.69) is 11.4 Å². The molecule has 0 unspecified atom stereocenters. The van der Waals surface area contributed by atoms with Gasteiger partial charge < -0.3 is 10.1 Å². The van der Waals surface area contributed by atoms with Crippen LogP contribution in [-0.4, -0.2) is 19.8 Å². The summed E-state index contributed by atoms with van der Waals surface area (Å²) in [6.45, 7) is 1.91. The lowest BCUT2D eigenvalue weighted by Crippen LogP contribution is -2.48. The van der Waals surface area contributed by atoms with Crippen molar-refractivity contribution >= 4 is 0 Å². The van der Waals surface area contributed by atoms with Crippen molar-refractivity contribution in [3.05, 3.63) is 35.6 Å². The Morgan fingerprint density at radius 3 is 2.75 bits per heavy atom. The maximum absolute atomic E-state index is 13.3. The number of nitrogens with one attached hydrogen (secondary N) is 1. The van der Waals surface area contributed by atoms with Crippen LogP contribution in [0.4, 0.5) is 4.39 Å². The van der Waals surface area contributed by atoms with Crippen LogP contribution in [0.3, 0.4) is 0 Å². The second-order valence-corrected chi connectivity index (χ2v) is 4.08. The smallest absolute Gasteiger partial charge is 0.127 e. The molecule has 0 bridgehead atoms. The number of halogens is 1. The van der Waals surface area contributed by atoms with Crippen LogP contribution in [0.25, 0.3) is 0 Å². The second kappa shape index (κ2) is 4.60.